The lowest BCUT2D eigenvalue weighted by molar-refractivity contribution is -0.161. The van der Waals surface area contributed by atoms with Gasteiger partial charge in [-0.3, -0.25) is 18.6 Å². The van der Waals surface area contributed by atoms with E-state index in [2.05, 4.69) is 38.2 Å². The first-order valence-corrected chi connectivity index (χ1v) is 25.8. The minimum Gasteiger partial charge on any atom is -0.462 e. The van der Waals surface area contributed by atoms with Crippen molar-refractivity contribution in [2.24, 2.45) is 0 Å². The highest BCUT2D eigenvalue weighted by atomic mass is 31.2. The van der Waals surface area contributed by atoms with Gasteiger partial charge in [0.1, 0.15) is 12.7 Å². The molecule has 59 heavy (non-hydrogen) atoms. The number of ether oxygens (including phenoxy) is 2. The van der Waals surface area contributed by atoms with Gasteiger partial charge in [0, 0.05) is 12.8 Å². The summed E-state index contributed by atoms with van der Waals surface area (Å²) in [5, 5.41) is 18.4. The number of carbonyl (C=O) groups is 2. The number of unbranched alkanes of at least 4 members (excludes halogenated alkanes) is 28. The van der Waals surface area contributed by atoms with Crippen LogP contribution in [0.25, 0.3) is 0 Å². The van der Waals surface area contributed by atoms with Gasteiger partial charge in [-0.15, -0.1) is 0 Å². The molecule has 348 valence electrons. The predicted octanol–water partition coefficient (Wildman–Crippen LogP) is 13.3. The summed E-state index contributed by atoms with van der Waals surface area (Å²) in [6, 6.07) is 0. The smallest absolute Gasteiger partial charge is 0.462 e. The van der Waals surface area contributed by atoms with E-state index in [0.717, 1.165) is 38.5 Å². The second-order valence-electron chi connectivity index (χ2n) is 16.5. The molecule has 0 amide bonds. The minimum absolute atomic E-state index is 0.184. The highest BCUT2D eigenvalue weighted by Crippen LogP contribution is 2.43. The van der Waals surface area contributed by atoms with Crippen molar-refractivity contribution < 1.29 is 47.8 Å². The van der Waals surface area contributed by atoms with Gasteiger partial charge in [-0.05, 0) is 64.2 Å². The molecule has 0 aliphatic carbocycles. The lowest BCUT2D eigenvalue weighted by atomic mass is 10.1. The Hall–Kier alpha value is -1.55. The zero-order valence-electron chi connectivity index (χ0n) is 38.0. The number of esters is 2. The van der Waals surface area contributed by atoms with Crippen molar-refractivity contribution >= 4 is 19.8 Å². The molecule has 3 atom stereocenters. The molecule has 0 spiro atoms. The Morgan fingerprint density at radius 2 is 0.831 bits per heavy atom. The van der Waals surface area contributed by atoms with Crippen molar-refractivity contribution in [3.05, 3.63) is 24.3 Å². The molecule has 0 saturated heterocycles. The van der Waals surface area contributed by atoms with Gasteiger partial charge in [0.25, 0.3) is 0 Å². The molecule has 0 aliphatic heterocycles. The van der Waals surface area contributed by atoms with Gasteiger partial charge in [-0.25, -0.2) is 4.57 Å². The zero-order valence-corrected chi connectivity index (χ0v) is 38.9. The Morgan fingerprint density at radius 3 is 1.24 bits per heavy atom. The number of hydrogen-bond donors (Lipinski definition) is 3. The highest BCUT2D eigenvalue weighted by molar-refractivity contribution is 7.47. The lowest BCUT2D eigenvalue weighted by Crippen LogP contribution is -2.29. The molecule has 0 aromatic heterocycles. The number of aliphatic hydroxyl groups excluding tert-OH is 2. The van der Waals surface area contributed by atoms with Gasteiger partial charge >= 0.3 is 19.8 Å². The van der Waals surface area contributed by atoms with Crippen LogP contribution in [-0.4, -0.2) is 65.7 Å². The fourth-order valence-corrected chi connectivity index (χ4v) is 7.60. The molecular weight excluding hydrogens is 767 g/mol. The molecule has 1 unspecified atom stereocenters. The van der Waals surface area contributed by atoms with Crippen molar-refractivity contribution in [3.8, 4) is 0 Å². The number of carbonyl (C=O) groups excluding carboxylic acids is 2. The predicted molar refractivity (Wildman–Crippen MR) is 242 cm³/mol. The first kappa shape index (κ1) is 57.4. The second kappa shape index (κ2) is 44.5. The van der Waals surface area contributed by atoms with Crippen LogP contribution in [0.2, 0.25) is 0 Å². The molecule has 3 N–H and O–H groups in total. The molecule has 0 rings (SSSR count). The van der Waals surface area contributed by atoms with Crippen LogP contribution in [0.4, 0.5) is 0 Å². The Kier molecular flexibility index (Phi) is 43.3. The van der Waals surface area contributed by atoms with Gasteiger partial charge in [0.15, 0.2) is 6.10 Å². The Bertz CT molecular complexity index is 1040. The van der Waals surface area contributed by atoms with Crippen LogP contribution < -0.4 is 0 Å². The summed E-state index contributed by atoms with van der Waals surface area (Å²) >= 11 is 0. The fraction of sp³-hybridized carbons (Fsp3) is 0.875. The Morgan fingerprint density at radius 1 is 0.492 bits per heavy atom. The molecule has 0 bridgehead atoms. The molecule has 0 aliphatic rings. The van der Waals surface area contributed by atoms with Crippen LogP contribution in [0, 0.1) is 0 Å². The summed E-state index contributed by atoms with van der Waals surface area (Å²) in [4.78, 5) is 35.1. The van der Waals surface area contributed by atoms with Crippen molar-refractivity contribution in [1.82, 2.24) is 0 Å². The number of aliphatic hydroxyl groups is 2. The van der Waals surface area contributed by atoms with Crippen LogP contribution in [0.15, 0.2) is 24.3 Å². The van der Waals surface area contributed by atoms with E-state index in [0.29, 0.717) is 12.8 Å². The fourth-order valence-electron chi connectivity index (χ4n) is 6.81. The summed E-state index contributed by atoms with van der Waals surface area (Å²) < 4.78 is 32.8. The third-order valence-corrected chi connectivity index (χ3v) is 11.5. The van der Waals surface area contributed by atoms with E-state index in [1.165, 1.54) is 154 Å². The van der Waals surface area contributed by atoms with Gasteiger partial charge in [-0.2, -0.15) is 0 Å². The van der Waals surface area contributed by atoms with Crippen molar-refractivity contribution in [2.75, 3.05) is 26.4 Å². The van der Waals surface area contributed by atoms with E-state index in [-0.39, 0.29) is 19.4 Å². The molecule has 11 heteroatoms. The maximum Gasteiger partial charge on any atom is 0.472 e. The third-order valence-electron chi connectivity index (χ3n) is 10.6. The molecule has 0 fully saturated rings. The lowest BCUT2D eigenvalue weighted by Gasteiger charge is -2.20. The van der Waals surface area contributed by atoms with Gasteiger partial charge in [-0.1, -0.05) is 179 Å². The summed E-state index contributed by atoms with van der Waals surface area (Å²) in [6.07, 6.45) is 45.6. The summed E-state index contributed by atoms with van der Waals surface area (Å²) in [7, 11) is -4.62. The third kappa shape index (κ3) is 44.3. The maximum atomic E-state index is 12.7. The minimum atomic E-state index is -4.62. The highest BCUT2D eigenvalue weighted by Gasteiger charge is 2.27. The molecule has 10 nitrogen and oxygen atoms in total. The molecule has 0 saturated carbocycles. The van der Waals surface area contributed by atoms with E-state index in [9.17, 15) is 24.2 Å². The maximum absolute atomic E-state index is 12.7. The average Bonchev–Trinajstić information content (AvgIpc) is 3.22. The van der Waals surface area contributed by atoms with Crippen LogP contribution in [0.1, 0.15) is 232 Å². The molecule has 0 radical (unpaired) electrons. The standard InChI is InChI=1S/C48H91O10P/c1-3-5-7-9-11-13-15-17-19-21-22-24-26-28-30-32-34-36-38-40-48(52)58-46(44-57-59(53,54)56-42-45(50)41-49)43-55-47(51)39-37-35-33-31-29-27-25-23-20-18-16-14-12-10-8-6-4-2/h14,16-17,19,45-46,49-50H,3-13,15,18,20-44H2,1-2H3,(H,53,54)/b16-14+,19-17+/t45-,46+/m0/s1. The zero-order chi connectivity index (χ0) is 43.3. The van der Waals surface area contributed by atoms with E-state index < -0.39 is 51.8 Å². The van der Waals surface area contributed by atoms with E-state index >= 15 is 0 Å². The van der Waals surface area contributed by atoms with Crippen LogP contribution >= 0.6 is 7.82 Å². The van der Waals surface area contributed by atoms with Crippen molar-refractivity contribution in [2.45, 2.75) is 244 Å². The summed E-state index contributed by atoms with van der Waals surface area (Å²) in [5.74, 6) is -0.920. The number of phosphoric ester groups is 1. The number of hydrogen-bond acceptors (Lipinski definition) is 9. The van der Waals surface area contributed by atoms with Gasteiger partial charge < -0.3 is 24.6 Å². The van der Waals surface area contributed by atoms with E-state index in [1.54, 1.807) is 0 Å². The first-order valence-electron chi connectivity index (χ1n) is 24.3. The monoisotopic (exact) mass is 859 g/mol. The first-order chi connectivity index (χ1) is 28.7. The second-order valence-corrected chi connectivity index (χ2v) is 17.9. The van der Waals surface area contributed by atoms with Gasteiger partial charge in [0.05, 0.1) is 19.8 Å². The molecule has 0 aromatic rings. The average molecular weight is 859 g/mol. The van der Waals surface area contributed by atoms with Crippen LogP contribution in [-0.2, 0) is 32.7 Å². The number of allylic oxidation sites excluding steroid dienone is 4. The molecule has 0 heterocycles. The molecule has 0 aromatic carbocycles. The summed E-state index contributed by atoms with van der Waals surface area (Å²) in [5.41, 5.74) is 0. The summed E-state index contributed by atoms with van der Waals surface area (Å²) in [6.45, 7) is 2.40. The van der Waals surface area contributed by atoms with Crippen molar-refractivity contribution in [1.29, 1.82) is 0 Å². The van der Waals surface area contributed by atoms with E-state index in [1.807, 2.05) is 0 Å². The number of rotatable bonds is 46. The largest absolute Gasteiger partial charge is 0.472 e. The SMILES string of the molecule is CCCCCC/C=C/CCCCCCCCCCCC(=O)OC[C@H](COP(=O)(O)OC[C@@H](O)CO)OC(=O)CCCCCCCCCCC/C=C/CCCCCCCC. The Labute approximate surface area is 361 Å². The van der Waals surface area contributed by atoms with E-state index in [4.69, 9.17) is 23.6 Å². The molecular formula is C48H91O10P. The normalized spacial score (nSPS) is 13.9. The topological polar surface area (TPSA) is 149 Å². The number of phosphoric acid groups is 1. The van der Waals surface area contributed by atoms with Crippen molar-refractivity contribution in [3.63, 3.8) is 0 Å². The van der Waals surface area contributed by atoms with Crippen LogP contribution in [0.3, 0.4) is 0 Å². The quantitative estimate of drug-likeness (QED) is 0.0234. The van der Waals surface area contributed by atoms with Gasteiger partial charge in [0.2, 0.25) is 0 Å². The van der Waals surface area contributed by atoms with Crippen LogP contribution in [0.5, 0.6) is 0 Å². The Balaban J connectivity index is 4.20.